The highest BCUT2D eigenvalue weighted by molar-refractivity contribution is 14.0. The number of methoxy groups -OCH3 is 1. The molecule has 0 radical (unpaired) electrons. The molecule has 0 atom stereocenters. The highest BCUT2D eigenvalue weighted by Crippen LogP contribution is 2.48. The second-order valence-electron chi connectivity index (χ2n) is 5.85. The maximum Gasteiger partial charge on any atom is 0.193 e. The van der Waals surface area contributed by atoms with Crippen molar-refractivity contribution in [2.24, 2.45) is 10.7 Å². The van der Waals surface area contributed by atoms with Gasteiger partial charge >= 0.3 is 0 Å². The van der Waals surface area contributed by atoms with Gasteiger partial charge in [-0.2, -0.15) is 0 Å². The Balaban J connectivity index is 0.00000208. The quantitative estimate of drug-likeness (QED) is 0.359. The summed E-state index contributed by atoms with van der Waals surface area (Å²) in [6.45, 7) is 0.707. The van der Waals surface area contributed by atoms with Crippen LogP contribution in [0, 0.1) is 0 Å². The highest BCUT2D eigenvalue weighted by Gasteiger charge is 2.44. The summed E-state index contributed by atoms with van der Waals surface area (Å²) < 4.78 is 6.25. The lowest BCUT2D eigenvalue weighted by atomic mass is 9.96. The highest BCUT2D eigenvalue weighted by atomic mass is 127. The molecule has 0 aliphatic heterocycles. The molecule has 6 heteroatoms. The Kier molecular flexibility index (Phi) is 6.51. The molecule has 2 aromatic carbocycles. The first kappa shape index (κ1) is 19.1. The lowest BCUT2D eigenvalue weighted by Crippen LogP contribution is -2.24. The second-order valence-corrected chi connectivity index (χ2v) is 6.76. The summed E-state index contributed by atoms with van der Waals surface area (Å²) in [6, 6.07) is 16.1. The second kappa shape index (κ2) is 8.20. The normalized spacial score (nSPS) is 15.3. The van der Waals surface area contributed by atoms with Gasteiger partial charge in [-0.15, -0.1) is 24.0 Å². The molecule has 1 aliphatic rings. The predicted octanol–water partition coefficient (Wildman–Crippen LogP) is 4.53. The van der Waals surface area contributed by atoms with E-state index in [1.807, 2.05) is 30.3 Å². The number of nitrogens with two attached hydrogens (primary N) is 1. The summed E-state index contributed by atoms with van der Waals surface area (Å²) >= 11 is 3.54. The minimum absolute atomic E-state index is 0. The third-order valence-corrected chi connectivity index (χ3v) is 4.70. The molecule has 0 amide bonds. The van der Waals surface area contributed by atoms with Gasteiger partial charge in [0, 0.05) is 15.6 Å². The number of hydrogen-bond donors (Lipinski definition) is 2. The number of nitrogens with one attached hydrogen (secondary N) is 1. The van der Waals surface area contributed by atoms with Crippen LogP contribution >= 0.6 is 39.9 Å². The van der Waals surface area contributed by atoms with Crippen LogP contribution in [0.25, 0.3) is 0 Å². The van der Waals surface area contributed by atoms with Gasteiger partial charge < -0.3 is 15.8 Å². The van der Waals surface area contributed by atoms with Crippen LogP contribution in [0.15, 0.2) is 58.0 Å². The molecule has 3 rings (SSSR count). The molecule has 4 nitrogen and oxygen atoms in total. The van der Waals surface area contributed by atoms with E-state index in [4.69, 9.17) is 10.5 Å². The molecule has 0 heterocycles. The van der Waals surface area contributed by atoms with E-state index >= 15 is 0 Å². The number of hydrogen-bond acceptors (Lipinski definition) is 2. The number of halogens is 2. The standard InChI is InChI=1S/C18H20BrN3O.HI/c1-23-16-7-5-15(6-8-16)22-17(20)21-12-18(9-10-18)13-3-2-4-14(19)11-13;/h2-8,11H,9-10,12H2,1H3,(H3,20,21,22);1H. The van der Waals surface area contributed by atoms with Crippen molar-refractivity contribution in [3.8, 4) is 5.75 Å². The van der Waals surface area contributed by atoms with Crippen LogP contribution in [0.2, 0.25) is 0 Å². The van der Waals surface area contributed by atoms with Gasteiger partial charge in [-0.1, -0.05) is 28.1 Å². The van der Waals surface area contributed by atoms with Crippen LogP contribution in [0.4, 0.5) is 5.69 Å². The summed E-state index contributed by atoms with van der Waals surface area (Å²) in [4.78, 5) is 4.54. The van der Waals surface area contributed by atoms with Crippen LogP contribution in [0.5, 0.6) is 5.75 Å². The van der Waals surface area contributed by atoms with Crippen molar-refractivity contribution < 1.29 is 4.74 Å². The lowest BCUT2D eigenvalue weighted by molar-refractivity contribution is 0.415. The van der Waals surface area contributed by atoms with Gasteiger partial charge in [-0.05, 0) is 54.8 Å². The number of guanidine groups is 1. The Labute approximate surface area is 168 Å². The average molecular weight is 502 g/mol. The third-order valence-electron chi connectivity index (χ3n) is 4.21. The van der Waals surface area contributed by atoms with E-state index in [1.165, 1.54) is 5.56 Å². The van der Waals surface area contributed by atoms with Gasteiger partial charge in [0.25, 0.3) is 0 Å². The molecule has 0 spiro atoms. The van der Waals surface area contributed by atoms with E-state index in [2.05, 4.69) is 44.4 Å². The molecule has 0 unspecified atom stereocenters. The molecule has 0 aromatic heterocycles. The number of benzene rings is 2. The Morgan fingerprint density at radius 3 is 2.54 bits per heavy atom. The smallest absolute Gasteiger partial charge is 0.193 e. The molecular weight excluding hydrogens is 481 g/mol. The van der Waals surface area contributed by atoms with Gasteiger partial charge in [-0.25, -0.2) is 0 Å². The van der Waals surface area contributed by atoms with E-state index in [0.717, 1.165) is 28.8 Å². The molecule has 1 saturated carbocycles. The van der Waals surface area contributed by atoms with E-state index in [0.29, 0.717) is 12.5 Å². The van der Waals surface area contributed by atoms with E-state index in [1.54, 1.807) is 7.11 Å². The first-order chi connectivity index (χ1) is 11.1. The van der Waals surface area contributed by atoms with Crippen molar-refractivity contribution in [3.63, 3.8) is 0 Å². The van der Waals surface area contributed by atoms with Crippen LogP contribution in [0.3, 0.4) is 0 Å². The largest absolute Gasteiger partial charge is 0.497 e. The molecule has 3 N–H and O–H groups in total. The fourth-order valence-electron chi connectivity index (χ4n) is 2.61. The summed E-state index contributed by atoms with van der Waals surface area (Å²) in [5.41, 5.74) is 8.40. The van der Waals surface area contributed by atoms with Gasteiger partial charge in [0.05, 0.1) is 13.7 Å². The van der Waals surface area contributed by atoms with E-state index in [-0.39, 0.29) is 29.4 Å². The summed E-state index contributed by atoms with van der Waals surface area (Å²) in [5, 5.41) is 3.12. The lowest BCUT2D eigenvalue weighted by Gasteiger charge is -2.14. The Morgan fingerprint density at radius 1 is 1.25 bits per heavy atom. The number of ether oxygens (including phenoxy) is 1. The summed E-state index contributed by atoms with van der Waals surface area (Å²) in [6.07, 6.45) is 2.31. The van der Waals surface area contributed by atoms with Crippen molar-refractivity contribution in [2.45, 2.75) is 18.3 Å². The molecule has 2 aromatic rings. The van der Waals surface area contributed by atoms with Crippen molar-refractivity contribution in [3.05, 3.63) is 58.6 Å². The van der Waals surface area contributed by atoms with E-state index in [9.17, 15) is 0 Å². The van der Waals surface area contributed by atoms with Crippen LogP contribution in [0.1, 0.15) is 18.4 Å². The van der Waals surface area contributed by atoms with Crippen molar-refractivity contribution in [2.75, 3.05) is 19.0 Å². The molecular formula is C18H21BrIN3O. The maximum absolute atomic E-state index is 6.02. The zero-order valence-corrected chi connectivity index (χ0v) is 17.4. The Bertz CT molecular complexity index is 714. The van der Waals surface area contributed by atoms with Crippen LogP contribution in [-0.2, 0) is 5.41 Å². The van der Waals surface area contributed by atoms with Gasteiger partial charge in [0.15, 0.2) is 5.96 Å². The zero-order chi connectivity index (χ0) is 16.3. The topological polar surface area (TPSA) is 59.6 Å². The Hall–Kier alpha value is -1.28. The molecule has 0 saturated heterocycles. The monoisotopic (exact) mass is 501 g/mol. The minimum atomic E-state index is 0. The van der Waals surface area contributed by atoms with Crippen molar-refractivity contribution in [1.82, 2.24) is 0 Å². The van der Waals surface area contributed by atoms with Crippen LogP contribution in [-0.4, -0.2) is 19.6 Å². The summed E-state index contributed by atoms with van der Waals surface area (Å²) in [5.74, 6) is 1.26. The van der Waals surface area contributed by atoms with Gasteiger partial charge in [0.2, 0.25) is 0 Å². The number of nitrogens with zero attached hydrogens (tertiary/aromatic N) is 1. The predicted molar refractivity (Wildman–Crippen MR) is 114 cm³/mol. The molecule has 24 heavy (non-hydrogen) atoms. The van der Waals surface area contributed by atoms with Crippen molar-refractivity contribution >= 4 is 51.6 Å². The van der Waals surface area contributed by atoms with E-state index < -0.39 is 0 Å². The SMILES string of the molecule is COc1ccc(NC(N)=NCC2(c3cccc(Br)c3)CC2)cc1.I. The molecule has 0 bridgehead atoms. The van der Waals surface area contributed by atoms with Crippen molar-refractivity contribution in [1.29, 1.82) is 0 Å². The fourth-order valence-corrected chi connectivity index (χ4v) is 3.00. The zero-order valence-electron chi connectivity index (χ0n) is 13.5. The van der Waals surface area contributed by atoms with Gasteiger partial charge in [-0.3, -0.25) is 4.99 Å². The Morgan fingerprint density at radius 2 is 1.96 bits per heavy atom. The average Bonchev–Trinajstić information content (AvgIpc) is 3.35. The molecule has 128 valence electrons. The van der Waals surface area contributed by atoms with Crippen LogP contribution < -0.4 is 15.8 Å². The van der Waals surface area contributed by atoms with Gasteiger partial charge in [0.1, 0.15) is 5.75 Å². The first-order valence-corrected chi connectivity index (χ1v) is 8.38. The minimum Gasteiger partial charge on any atom is -0.497 e. The summed E-state index contributed by atoms with van der Waals surface area (Å²) in [7, 11) is 1.65. The molecule has 1 fully saturated rings. The number of rotatable bonds is 5. The molecule has 1 aliphatic carbocycles. The fraction of sp³-hybridized carbons (Fsp3) is 0.278. The third kappa shape index (κ3) is 4.63. The number of aliphatic imine (C=N–C) groups is 1. The first-order valence-electron chi connectivity index (χ1n) is 7.58. The number of anilines is 1. The maximum atomic E-state index is 6.02.